The molecule has 0 fully saturated rings. The second kappa shape index (κ2) is 8.19. The first-order valence-corrected chi connectivity index (χ1v) is 9.56. The summed E-state index contributed by atoms with van der Waals surface area (Å²) in [6.07, 6.45) is 1.42. The molecule has 8 nitrogen and oxygen atoms in total. The van der Waals surface area contributed by atoms with Gasteiger partial charge < -0.3 is 15.1 Å². The molecule has 0 saturated carbocycles. The molecule has 4 rings (SSSR count). The molecule has 0 unspecified atom stereocenters. The SMILES string of the molecule is Cc1c(NC(=O)c2ccc(NC(=O)c3ccco3)cc2)c(=O)n(-c2ccccc2)n1C. The smallest absolute Gasteiger partial charge is 0.295 e. The molecule has 4 aromatic rings. The van der Waals surface area contributed by atoms with Gasteiger partial charge in [0.1, 0.15) is 5.69 Å². The number of nitrogens with zero attached hydrogens (tertiary/aromatic N) is 2. The van der Waals surface area contributed by atoms with E-state index in [1.165, 1.54) is 10.9 Å². The van der Waals surface area contributed by atoms with Crippen molar-refractivity contribution >= 4 is 23.2 Å². The van der Waals surface area contributed by atoms with Crippen LogP contribution in [0.1, 0.15) is 26.6 Å². The predicted octanol–water partition coefficient (Wildman–Crippen LogP) is 3.58. The highest BCUT2D eigenvalue weighted by Gasteiger charge is 2.19. The number of rotatable bonds is 5. The lowest BCUT2D eigenvalue weighted by atomic mass is 10.2. The maximum absolute atomic E-state index is 12.9. The van der Waals surface area contributed by atoms with Crippen LogP contribution in [0, 0.1) is 6.92 Å². The van der Waals surface area contributed by atoms with E-state index in [9.17, 15) is 14.4 Å². The van der Waals surface area contributed by atoms with Crippen molar-refractivity contribution in [2.24, 2.45) is 7.05 Å². The fraction of sp³-hybridized carbons (Fsp3) is 0.0870. The summed E-state index contributed by atoms with van der Waals surface area (Å²) in [5.41, 5.74) is 2.10. The lowest BCUT2D eigenvalue weighted by Gasteiger charge is -2.07. The van der Waals surface area contributed by atoms with Crippen LogP contribution in [0.5, 0.6) is 0 Å². The molecule has 0 aliphatic rings. The summed E-state index contributed by atoms with van der Waals surface area (Å²) >= 11 is 0. The normalized spacial score (nSPS) is 10.6. The molecule has 2 heterocycles. The second-order valence-electron chi connectivity index (χ2n) is 6.90. The van der Waals surface area contributed by atoms with Gasteiger partial charge >= 0.3 is 0 Å². The van der Waals surface area contributed by atoms with E-state index in [4.69, 9.17) is 4.42 Å². The lowest BCUT2D eigenvalue weighted by molar-refractivity contribution is 0.0995. The Morgan fingerprint density at radius 2 is 1.58 bits per heavy atom. The minimum absolute atomic E-state index is 0.191. The van der Waals surface area contributed by atoms with Gasteiger partial charge in [-0.15, -0.1) is 0 Å². The summed E-state index contributed by atoms with van der Waals surface area (Å²) in [6, 6.07) is 18.7. The maximum atomic E-state index is 12.9. The van der Waals surface area contributed by atoms with Gasteiger partial charge in [-0.2, -0.15) is 0 Å². The van der Waals surface area contributed by atoms with Crippen molar-refractivity contribution in [2.45, 2.75) is 6.92 Å². The molecule has 8 heteroatoms. The minimum Gasteiger partial charge on any atom is -0.459 e. The van der Waals surface area contributed by atoms with Gasteiger partial charge in [-0.25, -0.2) is 4.68 Å². The van der Waals surface area contributed by atoms with E-state index in [1.807, 2.05) is 30.3 Å². The van der Waals surface area contributed by atoms with Gasteiger partial charge in [0.05, 0.1) is 17.6 Å². The number of carbonyl (C=O) groups excluding carboxylic acids is 2. The van der Waals surface area contributed by atoms with Gasteiger partial charge in [0.15, 0.2) is 5.76 Å². The summed E-state index contributed by atoms with van der Waals surface area (Å²) < 4.78 is 8.25. The third kappa shape index (κ3) is 3.91. The molecule has 2 N–H and O–H groups in total. The molecular formula is C23H20N4O4. The van der Waals surface area contributed by atoms with Crippen LogP contribution in [0.3, 0.4) is 0 Å². The van der Waals surface area contributed by atoms with Crippen molar-refractivity contribution in [3.63, 3.8) is 0 Å². The van der Waals surface area contributed by atoms with E-state index in [2.05, 4.69) is 10.6 Å². The Morgan fingerprint density at radius 1 is 0.871 bits per heavy atom. The molecule has 31 heavy (non-hydrogen) atoms. The van der Waals surface area contributed by atoms with Crippen LogP contribution in [0.15, 0.2) is 82.2 Å². The highest BCUT2D eigenvalue weighted by molar-refractivity contribution is 6.05. The van der Waals surface area contributed by atoms with Crippen LogP contribution in [-0.4, -0.2) is 21.2 Å². The summed E-state index contributed by atoms with van der Waals surface area (Å²) in [6.45, 7) is 1.77. The molecule has 0 bridgehead atoms. The van der Waals surface area contributed by atoms with E-state index < -0.39 is 5.91 Å². The molecule has 0 saturated heterocycles. The monoisotopic (exact) mass is 416 g/mol. The zero-order valence-electron chi connectivity index (χ0n) is 17.0. The van der Waals surface area contributed by atoms with Crippen LogP contribution < -0.4 is 16.2 Å². The Labute approximate surface area is 177 Å². The zero-order valence-corrected chi connectivity index (χ0v) is 17.0. The van der Waals surface area contributed by atoms with Crippen molar-refractivity contribution in [1.82, 2.24) is 9.36 Å². The summed E-state index contributed by atoms with van der Waals surface area (Å²) in [7, 11) is 1.76. The summed E-state index contributed by atoms with van der Waals surface area (Å²) in [5, 5.41) is 5.40. The molecule has 2 amide bonds. The van der Waals surface area contributed by atoms with Crippen molar-refractivity contribution in [3.05, 3.63) is 100 Å². The molecule has 0 aliphatic heterocycles. The standard InChI is InChI=1S/C23H20N4O4/c1-15-20(23(30)27(26(15)2)18-7-4-3-5-8-18)25-21(28)16-10-12-17(13-11-16)24-22(29)19-9-6-14-31-19/h3-14H,1-2H3,(H,24,29)(H,25,28). The van der Waals surface area contributed by atoms with Crippen molar-refractivity contribution in [2.75, 3.05) is 10.6 Å². The highest BCUT2D eigenvalue weighted by atomic mass is 16.3. The number of carbonyl (C=O) groups is 2. The van der Waals surface area contributed by atoms with E-state index in [0.29, 0.717) is 22.6 Å². The largest absolute Gasteiger partial charge is 0.459 e. The Balaban J connectivity index is 1.52. The molecule has 2 aromatic heterocycles. The Kier molecular flexibility index (Phi) is 5.28. The molecule has 0 atom stereocenters. The van der Waals surface area contributed by atoms with Crippen molar-refractivity contribution < 1.29 is 14.0 Å². The number of nitrogens with one attached hydrogen (secondary N) is 2. The van der Waals surface area contributed by atoms with Crippen molar-refractivity contribution in [1.29, 1.82) is 0 Å². The third-order valence-electron chi connectivity index (χ3n) is 4.94. The quantitative estimate of drug-likeness (QED) is 0.520. The van der Waals surface area contributed by atoms with Gasteiger partial charge in [0.25, 0.3) is 17.4 Å². The average Bonchev–Trinajstić information content (AvgIpc) is 3.39. The summed E-state index contributed by atoms with van der Waals surface area (Å²) in [5.74, 6) is -0.616. The van der Waals surface area contributed by atoms with Crippen LogP contribution in [0.4, 0.5) is 11.4 Å². The molecule has 0 radical (unpaired) electrons. The molecule has 0 aliphatic carbocycles. The number of para-hydroxylation sites is 1. The topological polar surface area (TPSA) is 98.3 Å². The van der Waals surface area contributed by atoms with Crippen LogP contribution >= 0.6 is 0 Å². The number of furan rings is 1. The van der Waals surface area contributed by atoms with E-state index in [0.717, 1.165) is 0 Å². The first-order valence-electron chi connectivity index (χ1n) is 9.56. The van der Waals surface area contributed by atoms with Crippen molar-refractivity contribution in [3.8, 4) is 5.69 Å². The van der Waals surface area contributed by atoms with Crippen LogP contribution in [-0.2, 0) is 7.05 Å². The first-order chi connectivity index (χ1) is 15.0. The van der Waals surface area contributed by atoms with E-state index >= 15 is 0 Å². The second-order valence-corrected chi connectivity index (χ2v) is 6.90. The number of benzene rings is 2. The lowest BCUT2D eigenvalue weighted by Crippen LogP contribution is -2.23. The molecule has 2 aromatic carbocycles. The Hall–Kier alpha value is -4.33. The number of aromatic nitrogens is 2. The zero-order chi connectivity index (χ0) is 22.0. The minimum atomic E-state index is -0.421. The summed E-state index contributed by atoms with van der Waals surface area (Å²) in [4.78, 5) is 37.7. The van der Waals surface area contributed by atoms with Gasteiger partial charge in [-0.05, 0) is 55.5 Å². The van der Waals surface area contributed by atoms with Gasteiger partial charge in [0.2, 0.25) is 0 Å². The number of hydrogen-bond donors (Lipinski definition) is 2. The Bertz CT molecular complexity index is 1280. The Morgan fingerprint density at radius 3 is 2.23 bits per heavy atom. The first kappa shape index (κ1) is 20.0. The number of hydrogen-bond acceptors (Lipinski definition) is 4. The van der Waals surface area contributed by atoms with Gasteiger partial charge in [-0.1, -0.05) is 18.2 Å². The number of amides is 2. The third-order valence-corrected chi connectivity index (χ3v) is 4.94. The molecular weight excluding hydrogens is 396 g/mol. The van der Waals surface area contributed by atoms with E-state index in [1.54, 1.807) is 55.1 Å². The van der Waals surface area contributed by atoms with Crippen LogP contribution in [0.2, 0.25) is 0 Å². The predicted molar refractivity (Wildman–Crippen MR) is 117 cm³/mol. The van der Waals surface area contributed by atoms with Gasteiger partial charge in [-0.3, -0.25) is 19.1 Å². The number of anilines is 2. The molecule has 0 spiro atoms. The molecule has 156 valence electrons. The fourth-order valence-electron chi connectivity index (χ4n) is 3.20. The van der Waals surface area contributed by atoms with Gasteiger partial charge in [0, 0.05) is 18.3 Å². The van der Waals surface area contributed by atoms with E-state index in [-0.39, 0.29) is 22.9 Å². The average molecular weight is 416 g/mol. The maximum Gasteiger partial charge on any atom is 0.295 e. The fourth-order valence-corrected chi connectivity index (χ4v) is 3.20. The van der Waals surface area contributed by atoms with Crippen LogP contribution in [0.25, 0.3) is 5.69 Å². The highest BCUT2D eigenvalue weighted by Crippen LogP contribution is 2.16.